The van der Waals surface area contributed by atoms with Crippen LogP contribution in [0.4, 0.5) is 8.78 Å². The summed E-state index contributed by atoms with van der Waals surface area (Å²) in [4.78, 5) is 22.0. The summed E-state index contributed by atoms with van der Waals surface area (Å²) in [6.45, 7) is 1.72. The monoisotopic (exact) mass is 356 g/mol. The van der Waals surface area contributed by atoms with Gasteiger partial charge in [0.15, 0.2) is 5.96 Å². The van der Waals surface area contributed by atoms with Crippen LogP contribution in [0.15, 0.2) is 17.4 Å². The molecule has 140 valence electrons. The van der Waals surface area contributed by atoms with E-state index < -0.39 is 6.55 Å². The quantitative estimate of drug-likeness (QED) is 0.600. The number of piperidine rings is 1. The molecule has 1 aliphatic heterocycles. The van der Waals surface area contributed by atoms with Gasteiger partial charge in [0.25, 0.3) is 0 Å². The van der Waals surface area contributed by atoms with Crippen LogP contribution in [0.5, 0.6) is 0 Å². The van der Waals surface area contributed by atoms with Gasteiger partial charge in [0.05, 0.1) is 0 Å². The molecule has 1 aliphatic rings. The Labute approximate surface area is 146 Å². The van der Waals surface area contributed by atoms with E-state index in [4.69, 9.17) is 0 Å². The summed E-state index contributed by atoms with van der Waals surface area (Å²) in [5, 5.41) is 5.86. The number of hydrogen-bond donors (Lipinski definition) is 2. The van der Waals surface area contributed by atoms with Crippen LogP contribution in [0.3, 0.4) is 0 Å². The van der Waals surface area contributed by atoms with Crippen LogP contribution < -0.4 is 10.6 Å². The van der Waals surface area contributed by atoms with Gasteiger partial charge in [0.1, 0.15) is 12.4 Å². The Kier molecular flexibility index (Phi) is 7.15. The summed E-state index contributed by atoms with van der Waals surface area (Å²) in [6, 6.07) is 0. The summed E-state index contributed by atoms with van der Waals surface area (Å²) < 4.78 is 26.6. The Hall–Kier alpha value is -2.19. The second-order valence-corrected chi connectivity index (χ2v) is 6.01. The van der Waals surface area contributed by atoms with Crippen molar-refractivity contribution in [1.82, 2.24) is 25.1 Å². The first kappa shape index (κ1) is 19.1. The SMILES string of the molecule is CCNC(=NCc1nccn1C(F)F)N1CCC(CC(=O)NC)CC1. The minimum Gasteiger partial charge on any atom is -0.359 e. The molecule has 1 saturated heterocycles. The molecule has 0 unspecified atom stereocenters. The third-order valence-corrected chi connectivity index (χ3v) is 4.33. The number of likely N-dealkylation sites (tertiary alicyclic amines) is 1. The highest BCUT2D eigenvalue weighted by molar-refractivity contribution is 5.80. The molecular formula is C16H26F2N6O. The molecule has 2 rings (SSSR count). The molecule has 0 spiro atoms. The van der Waals surface area contributed by atoms with Crippen LogP contribution >= 0.6 is 0 Å². The summed E-state index contributed by atoms with van der Waals surface area (Å²) in [6.07, 6.45) is 4.97. The molecule has 0 aliphatic carbocycles. The number of halogens is 2. The number of aliphatic imine (C=N–C) groups is 1. The molecule has 0 aromatic carbocycles. The maximum Gasteiger partial charge on any atom is 0.319 e. The standard InChI is InChI=1S/C16H26F2N6O/c1-3-20-16(22-11-13-21-6-9-24(13)15(17)18)23-7-4-12(5-8-23)10-14(25)19-2/h6,9,12,15H,3-5,7-8,10-11H2,1-2H3,(H,19,25)(H,20,22). The Morgan fingerprint density at radius 3 is 2.76 bits per heavy atom. The fourth-order valence-electron chi connectivity index (χ4n) is 2.93. The normalized spacial score (nSPS) is 16.4. The second kappa shape index (κ2) is 9.33. The van der Waals surface area contributed by atoms with Crippen molar-refractivity contribution >= 4 is 11.9 Å². The van der Waals surface area contributed by atoms with Gasteiger partial charge in [-0.1, -0.05) is 0 Å². The number of hydrogen-bond acceptors (Lipinski definition) is 3. The highest BCUT2D eigenvalue weighted by Crippen LogP contribution is 2.20. The molecule has 1 fully saturated rings. The van der Waals surface area contributed by atoms with Crippen LogP contribution in [-0.4, -0.2) is 53.0 Å². The summed E-state index contributed by atoms with van der Waals surface area (Å²) in [5.41, 5.74) is 0. The number of rotatable bonds is 6. The highest BCUT2D eigenvalue weighted by atomic mass is 19.3. The van der Waals surface area contributed by atoms with Crippen molar-refractivity contribution in [2.75, 3.05) is 26.7 Å². The van der Waals surface area contributed by atoms with Gasteiger partial charge in [-0.2, -0.15) is 8.78 Å². The fourth-order valence-corrected chi connectivity index (χ4v) is 2.93. The number of aromatic nitrogens is 2. The van der Waals surface area contributed by atoms with Gasteiger partial charge in [-0.15, -0.1) is 0 Å². The van der Waals surface area contributed by atoms with E-state index in [0.717, 1.165) is 30.5 Å². The predicted octanol–water partition coefficient (Wildman–Crippen LogP) is 1.59. The third kappa shape index (κ3) is 5.40. The Balaban J connectivity index is 1.96. The molecule has 0 radical (unpaired) electrons. The average Bonchev–Trinajstić information content (AvgIpc) is 3.08. The molecule has 1 amide bonds. The molecule has 2 heterocycles. The maximum atomic E-state index is 12.9. The Bertz CT molecular complexity index is 581. The molecule has 0 bridgehead atoms. The zero-order chi connectivity index (χ0) is 18.2. The van der Waals surface area contributed by atoms with Crippen molar-refractivity contribution in [2.45, 2.75) is 39.3 Å². The Morgan fingerprint density at radius 1 is 1.44 bits per heavy atom. The molecular weight excluding hydrogens is 330 g/mol. The van der Waals surface area contributed by atoms with E-state index in [9.17, 15) is 13.6 Å². The van der Waals surface area contributed by atoms with Crippen molar-refractivity contribution in [3.8, 4) is 0 Å². The van der Waals surface area contributed by atoms with E-state index in [0.29, 0.717) is 24.8 Å². The van der Waals surface area contributed by atoms with Gasteiger partial charge in [0.2, 0.25) is 5.91 Å². The summed E-state index contributed by atoms with van der Waals surface area (Å²) >= 11 is 0. The number of carbonyl (C=O) groups is 1. The summed E-state index contributed by atoms with van der Waals surface area (Å²) in [5.74, 6) is 1.37. The van der Waals surface area contributed by atoms with E-state index in [-0.39, 0.29) is 18.3 Å². The fraction of sp³-hybridized carbons (Fsp3) is 0.688. The van der Waals surface area contributed by atoms with E-state index in [1.807, 2.05) is 6.92 Å². The van der Waals surface area contributed by atoms with Crippen molar-refractivity contribution in [1.29, 1.82) is 0 Å². The zero-order valence-electron chi connectivity index (χ0n) is 14.7. The predicted molar refractivity (Wildman–Crippen MR) is 91.3 cm³/mol. The largest absolute Gasteiger partial charge is 0.359 e. The smallest absolute Gasteiger partial charge is 0.319 e. The number of nitrogens with one attached hydrogen (secondary N) is 2. The molecule has 9 heteroatoms. The van der Waals surface area contributed by atoms with E-state index >= 15 is 0 Å². The summed E-state index contributed by atoms with van der Waals surface area (Å²) in [7, 11) is 1.65. The van der Waals surface area contributed by atoms with Gasteiger partial charge in [-0.3, -0.25) is 9.36 Å². The molecule has 1 aromatic heterocycles. The average molecular weight is 356 g/mol. The minimum absolute atomic E-state index is 0.0675. The van der Waals surface area contributed by atoms with Crippen LogP contribution in [0.25, 0.3) is 0 Å². The second-order valence-electron chi connectivity index (χ2n) is 6.01. The van der Waals surface area contributed by atoms with E-state index in [1.165, 1.54) is 12.4 Å². The third-order valence-electron chi connectivity index (χ3n) is 4.33. The van der Waals surface area contributed by atoms with E-state index in [2.05, 4.69) is 25.5 Å². The number of guanidine groups is 1. The first-order valence-corrected chi connectivity index (χ1v) is 8.58. The van der Waals surface area contributed by atoms with Crippen molar-refractivity contribution in [3.05, 3.63) is 18.2 Å². The molecule has 7 nitrogen and oxygen atoms in total. The van der Waals surface area contributed by atoms with Crippen LogP contribution in [0.2, 0.25) is 0 Å². The maximum absolute atomic E-state index is 12.9. The minimum atomic E-state index is -2.62. The van der Waals surface area contributed by atoms with Gasteiger partial charge in [0, 0.05) is 45.5 Å². The molecule has 0 atom stereocenters. The van der Waals surface area contributed by atoms with Crippen LogP contribution in [0, 0.1) is 5.92 Å². The van der Waals surface area contributed by atoms with Gasteiger partial charge >= 0.3 is 6.55 Å². The van der Waals surface area contributed by atoms with Crippen molar-refractivity contribution in [3.63, 3.8) is 0 Å². The van der Waals surface area contributed by atoms with Crippen molar-refractivity contribution in [2.24, 2.45) is 10.9 Å². The van der Waals surface area contributed by atoms with E-state index in [1.54, 1.807) is 7.05 Å². The topological polar surface area (TPSA) is 74.5 Å². The zero-order valence-corrected chi connectivity index (χ0v) is 14.7. The number of nitrogens with zero attached hydrogens (tertiary/aromatic N) is 4. The number of carbonyl (C=O) groups excluding carboxylic acids is 1. The van der Waals surface area contributed by atoms with Crippen molar-refractivity contribution < 1.29 is 13.6 Å². The van der Waals surface area contributed by atoms with Gasteiger partial charge in [-0.25, -0.2) is 9.98 Å². The first-order valence-electron chi connectivity index (χ1n) is 8.58. The first-order chi connectivity index (χ1) is 12.0. The molecule has 1 aromatic rings. The highest BCUT2D eigenvalue weighted by Gasteiger charge is 2.23. The molecule has 0 saturated carbocycles. The lowest BCUT2D eigenvalue weighted by molar-refractivity contribution is -0.121. The van der Waals surface area contributed by atoms with Crippen LogP contribution in [0.1, 0.15) is 38.6 Å². The number of alkyl halides is 2. The number of amides is 1. The van der Waals surface area contributed by atoms with Gasteiger partial charge < -0.3 is 15.5 Å². The lowest BCUT2D eigenvalue weighted by Gasteiger charge is -2.34. The van der Waals surface area contributed by atoms with Crippen LogP contribution in [-0.2, 0) is 11.3 Å². The Morgan fingerprint density at radius 2 is 2.16 bits per heavy atom. The lowest BCUT2D eigenvalue weighted by atomic mass is 9.93. The molecule has 2 N–H and O–H groups in total. The lowest BCUT2D eigenvalue weighted by Crippen LogP contribution is -2.46. The molecule has 25 heavy (non-hydrogen) atoms. The van der Waals surface area contributed by atoms with Gasteiger partial charge in [-0.05, 0) is 25.7 Å². The number of imidazole rings is 1.